The number of ether oxygens (including phenoxy) is 6. The molecule has 2 saturated heterocycles. The molecule has 12 nitrogen and oxygen atoms in total. The molecular weight excluding hydrogens is 600 g/mol. The van der Waals surface area contributed by atoms with Crippen LogP contribution in [0.1, 0.15) is 60.8 Å². The molecule has 4 rings (SSSR count). The normalized spacial score (nSPS) is 40.2. The van der Waals surface area contributed by atoms with Crippen molar-refractivity contribution in [2.45, 2.75) is 102 Å². The van der Waals surface area contributed by atoms with E-state index in [4.69, 9.17) is 40.0 Å². The van der Waals surface area contributed by atoms with Gasteiger partial charge in [0.05, 0.1) is 28.9 Å². The summed E-state index contributed by atoms with van der Waals surface area (Å²) in [7, 11) is 0. The highest BCUT2D eigenvalue weighted by molar-refractivity contribution is 6.23. The summed E-state index contributed by atoms with van der Waals surface area (Å²) in [6, 6.07) is 0. The highest BCUT2D eigenvalue weighted by Crippen LogP contribution is 2.62. The molecule has 0 aromatic rings. The van der Waals surface area contributed by atoms with E-state index in [1.807, 2.05) is 13.8 Å². The second kappa shape index (κ2) is 12.4. The first-order chi connectivity index (χ1) is 20.5. The molecule has 0 aromatic carbocycles. The van der Waals surface area contributed by atoms with Crippen molar-refractivity contribution in [2.75, 3.05) is 13.2 Å². The van der Waals surface area contributed by atoms with Crippen LogP contribution in [0, 0.1) is 23.2 Å². The van der Waals surface area contributed by atoms with Crippen molar-refractivity contribution < 1.29 is 57.5 Å². The van der Waals surface area contributed by atoms with Gasteiger partial charge in [-0.3, -0.25) is 19.2 Å². The van der Waals surface area contributed by atoms with Crippen molar-refractivity contribution >= 4 is 41.4 Å². The fraction of sp³-hybridized carbons (Fsp3) is 0.710. The Morgan fingerprint density at radius 1 is 1.14 bits per heavy atom. The van der Waals surface area contributed by atoms with Gasteiger partial charge in [-0.2, -0.15) is 0 Å². The first-order valence-corrected chi connectivity index (χ1v) is 15.2. The van der Waals surface area contributed by atoms with E-state index in [-0.39, 0.29) is 30.9 Å². The van der Waals surface area contributed by atoms with Gasteiger partial charge in [0.2, 0.25) is 0 Å². The molecule has 1 spiro atoms. The van der Waals surface area contributed by atoms with Crippen molar-refractivity contribution in [3.05, 3.63) is 24.3 Å². The standard InChI is InChI=1S/C31H41ClO12/c1-15(2)12-22(35)39-13-23(36)43-20-9-8-16(3)24(32)26-31(38,17(4)28(37)44-26)27(42-19(6)34)25-29(20,7)21(41-18(5)33)10-11-30(25)14-40-30/h8-9,15,17,20-21,24-27,38H,3,10-14H2,1-2,4-7H3/b9-8+/t17-,20-,21-,24-,25+,26-,27?,29-,30-,31?/m0/s1. The highest BCUT2D eigenvalue weighted by Gasteiger charge is 2.75. The zero-order valence-corrected chi connectivity index (χ0v) is 26.6. The number of hydrogen-bond acceptors (Lipinski definition) is 12. The lowest BCUT2D eigenvalue weighted by atomic mass is 9.53. The van der Waals surface area contributed by atoms with Crippen LogP contribution in [0.15, 0.2) is 24.3 Å². The smallest absolute Gasteiger partial charge is 0.344 e. The van der Waals surface area contributed by atoms with E-state index in [9.17, 15) is 29.1 Å². The van der Waals surface area contributed by atoms with Gasteiger partial charge in [-0.15, -0.1) is 11.6 Å². The Morgan fingerprint density at radius 2 is 1.77 bits per heavy atom. The first kappa shape index (κ1) is 33.9. The molecule has 2 aliphatic carbocycles. The summed E-state index contributed by atoms with van der Waals surface area (Å²) < 4.78 is 34.5. The summed E-state index contributed by atoms with van der Waals surface area (Å²) in [6.45, 7) is 12.7. The van der Waals surface area contributed by atoms with E-state index in [2.05, 4.69) is 6.58 Å². The topological polar surface area (TPSA) is 164 Å². The molecule has 2 unspecified atom stereocenters. The third-order valence-electron chi connectivity index (χ3n) is 9.28. The summed E-state index contributed by atoms with van der Waals surface area (Å²) >= 11 is 6.77. The minimum atomic E-state index is -2.20. The number of esters is 5. The SMILES string of the molecule is C=C1/C=C/[C@H](OC(=O)COC(=O)CC(C)C)[C@@]2(C)[C@@H](OC(C)=O)CC[C@]3(CO3)[C@@H]2C(OC(C)=O)C2(O)[C@@H](C)C(=O)O[C@H]2[C@H]1Cl. The van der Waals surface area contributed by atoms with Crippen LogP contribution in [0.4, 0.5) is 0 Å². The van der Waals surface area contributed by atoms with Crippen LogP contribution in [-0.4, -0.2) is 89.2 Å². The van der Waals surface area contributed by atoms with E-state index >= 15 is 0 Å². The molecule has 3 fully saturated rings. The number of alkyl halides is 1. The number of aliphatic hydroxyl groups is 1. The Morgan fingerprint density at radius 3 is 2.34 bits per heavy atom. The predicted molar refractivity (Wildman–Crippen MR) is 153 cm³/mol. The molecule has 0 bridgehead atoms. The quantitative estimate of drug-likeness (QED) is 0.187. The van der Waals surface area contributed by atoms with Crippen LogP contribution in [-0.2, 0) is 52.4 Å². The van der Waals surface area contributed by atoms with Crippen LogP contribution < -0.4 is 0 Å². The van der Waals surface area contributed by atoms with E-state index in [1.54, 1.807) is 6.92 Å². The van der Waals surface area contributed by atoms with Crippen LogP contribution in [0.3, 0.4) is 0 Å². The van der Waals surface area contributed by atoms with Gasteiger partial charge in [0, 0.05) is 26.2 Å². The molecule has 10 atom stereocenters. The number of fused-ring (bicyclic) bond motifs is 3. The minimum Gasteiger partial charge on any atom is -0.462 e. The number of halogens is 1. The van der Waals surface area contributed by atoms with Gasteiger partial charge in [0.25, 0.3) is 0 Å². The Balaban J connectivity index is 1.90. The van der Waals surface area contributed by atoms with E-state index < -0.39 is 94.7 Å². The van der Waals surface area contributed by atoms with Gasteiger partial charge in [-0.05, 0) is 37.3 Å². The van der Waals surface area contributed by atoms with Gasteiger partial charge in [0.1, 0.15) is 18.3 Å². The predicted octanol–water partition coefficient (Wildman–Crippen LogP) is 2.56. The molecule has 0 aromatic heterocycles. The maximum atomic E-state index is 13.2. The molecule has 0 amide bonds. The van der Waals surface area contributed by atoms with Crippen molar-refractivity contribution in [1.82, 2.24) is 0 Å². The maximum Gasteiger partial charge on any atom is 0.344 e. The van der Waals surface area contributed by atoms with Crippen LogP contribution in [0.5, 0.6) is 0 Å². The summed E-state index contributed by atoms with van der Waals surface area (Å²) in [5.41, 5.74) is -4.47. The van der Waals surface area contributed by atoms with Crippen molar-refractivity contribution in [2.24, 2.45) is 23.2 Å². The summed E-state index contributed by atoms with van der Waals surface area (Å²) in [6.07, 6.45) is -1.38. The van der Waals surface area contributed by atoms with Crippen LogP contribution >= 0.6 is 11.6 Å². The molecule has 1 N–H and O–H groups in total. The molecular formula is C31H41ClO12. The van der Waals surface area contributed by atoms with Crippen molar-refractivity contribution in [3.8, 4) is 0 Å². The Labute approximate surface area is 261 Å². The van der Waals surface area contributed by atoms with Crippen molar-refractivity contribution in [3.63, 3.8) is 0 Å². The van der Waals surface area contributed by atoms with Crippen LogP contribution in [0.2, 0.25) is 0 Å². The molecule has 0 radical (unpaired) electrons. The monoisotopic (exact) mass is 640 g/mol. The van der Waals surface area contributed by atoms with Crippen molar-refractivity contribution in [1.29, 1.82) is 0 Å². The van der Waals surface area contributed by atoms with Gasteiger partial charge in [0.15, 0.2) is 18.3 Å². The van der Waals surface area contributed by atoms with E-state index in [1.165, 1.54) is 26.0 Å². The Hall–Kier alpha value is -2.96. The number of hydrogen-bond donors (Lipinski definition) is 1. The molecule has 13 heteroatoms. The number of rotatable bonds is 7. The maximum absolute atomic E-state index is 13.2. The first-order valence-electron chi connectivity index (χ1n) is 14.7. The lowest BCUT2D eigenvalue weighted by molar-refractivity contribution is -0.239. The molecule has 1 saturated carbocycles. The summed E-state index contributed by atoms with van der Waals surface area (Å²) in [4.78, 5) is 63.5. The minimum absolute atomic E-state index is 0.0112. The molecule has 44 heavy (non-hydrogen) atoms. The zero-order valence-electron chi connectivity index (χ0n) is 25.8. The Kier molecular flexibility index (Phi) is 9.59. The third kappa shape index (κ3) is 6.12. The number of allylic oxidation sites excluding steroid dienone is 1. The van der Waals surface area contributed by atoms with Gasteiger partial charge in [-0.1, -0.05) is 33.4 Å². The van der Waals surface area contributed by atoms with E-state index in [0.717, 1.165) is 6.92 Å². The van der Waals surface area contributed by atoms with Crippen LogP contribution in [0.25, 0.3) is 0 Å². The van der Waals surface area contributed by atoms with Gasteiger partial charge in [-0.25, -0.2) is 4.79 Å². The molecule has 244 valence electrons. The van der Waals surface area contributed by atoms with Gasteiger partial charge >= 0.3 is 29.8 Å². The highest BCUT2D eigenvalue weighted by atomic mass is 35.5. The number of carbonyl (C=O) groups excluding carboxylic acids is 5. The molecule has 2 heterocycles. The Bertz CT molecular complexity index is 1240. The zero-order chi connectivity index (χ0) is 32.8. The average Bonchev–Trinajstić information content (AvgIpc) is 3.66. The number of epoxide rings is 1. The summed E-state index contributed by atoms with van der Waals surface area (Å²) in [5, 5.41) is 11.4. The van der Waals surface area contributed by atoms with Gasteiger partial charge < -0.3 is 33.5 Å². The second-order valence-electron chi connectivity index (χ2n) is 12.8. The third-order valence-corrected chi connectivity index (χ3v) is 9.79. The largest absolute Gasteiger partial charge is 0.462 e. The second-order valence-corrected chi connectivity index (χ2v) is 13.3. The fourth-order valence-electron chi connectivity index (χ4n) is 7.02. The van der Waals surface area contributed by atoms with E-state index in [0.29, 0.717) is 6.42 Å². The number of carbonyl (C=O) groups is 5. The lowest BCUT2D eigenvalue weighted by Gasteiger charge is -2.56. The fourth-order valence-corrected chi connectivity index (χ4v) is 7.35. The average molecular weight is 641 g/mol. The molecule has 2 aliphatic heterocycles. The lowest BCUT2D eigenvalue weighted by Crippen LogP contribution is -2.70. The molecule has 4 aliphatic rings. The summed E-state index contributed by atoms with van der Waals surface area (Å²) in [5.74, 6) is -5.86.